The number of aliphatic hydroxyl groups excluding tert-OH is 1. The number of ether oxygens (including phenoxy) is 1. The molecule has 21 nitrogen and oxygen atoms in total. The number of aromatic nitrogens is 4. The zero-order chi connectivity index (χ0) is 60.6. The minimum Gasteiger partial charge on any atom is -0.494 e. The first-order chi connectivity index (χ1) is 41.4. The number of carbonyl (C=O) groups excluding carboxylic acids is 2. The van der Waals surface area contributed by atoms with Crippen LogP contribution in [0.3, 0.4) is 0 Å². The van der Waals surface area contributed by atoms with E-state index in [0.717, 1.165) is 27.9 Å². The second-order valence-corrected chi connectivity index (χ2v) is 24.3. The van der Waals surface area contributed by atoms with Crippen LogP contribution >= 0.6 is 0 Å². The number of carbonyl (C=O) groups is 2. The van der Waals surface area contributed by atoms with Crippen LogP contribution in [-0.2, 0) is 56.3 Å². The maximum absolute atomic E-state index is 14.6. The predicted molar refractivity (Wildman–Crippen MR) is 321 cm³/mol. The fourth-order valence-electron chi connectivity index (χ4n) is 9.05. The summed E-state index contributed by atoms with van der Waals surface area (Å²) in [6, 6.07) is 41.6. The summed E-state index contributed by atoms with van der Waals surface area (Å²) >= 11 is 0. The average Bonchev–Trinajstić information content (AvgIpc) is 2.40. The molecule has 5 heterocycles. The number of fused-ring (bicyclic) bond motifs is 3. The number of sulfonamides is 3. The first kappa shape index (κ1) is 59.0. The van der Waals surface area contributed by atoms with Crippen molar-refractivity contribution in [2.75, 3.05) is 20.8 Å². The molecule has 5 aromatic heterocycles. The molecule has 11 aromatic rings. The smallest absolute Gasteiger partial charge is 0.343 e. The largest absolute Gasteiger partial charge is 0.494 e. The molecule has 0 spiro atoms. The number of halogens is 1. The SMILES string of the molecule is CCOc1ccc(NS(=O)(=O)c2ccc(CN(Cc3ccc(S(=O)(=O)Nc4cccc5c(=O)occc45)cc3)C(=O)c3cc4cnccc4[nH]3)cc2)c(F)c1.O=C(NCc1ccc(S(=O)(=O)Nc2ccccc2CO)cc1)c1cc2cnccc2[nH]1. The Kier molecular flexibility index (Phi) is 17.4. The molecule has 0 saturated carbocycles. The number of amides is 2. The van der Waals surface area contributed by atoms with Crippen LogP contribution < -0.4 is 29.8 Å². The second kappa shape index (κ2) is 25.3. The van der Waals surface area contributed by atoms with Crippen molar-refractivity contribution in [3.05, 3.63) is 245 Å². The van der Waals surface area contributed by atoms with E-state index in [-0.39, 0.29) is 80.9 Å². The summed E-state index contributed by atoms with van der Waals surface area (Å²) < 4.78 is 110. The van der Waals surface area contributed by atoms with Gasteiger partial charge in [-0.15, -0.1) is 0 Å². The van der Waals surface area contributed by atoms with Crippen molar-refractivity contribution in [1.29, 1.82) is 0 Å². The summed E-state index contributed by atoms with van der Waals surface area (Å²) in [5.41, 5.74) is 4.37. The van der Waals surface area contributed by atoms with Gasteiger partial charge in [0.15, 0.2) is 5.82 Å². The molecule has 0 unspecified atom stereocenters. The van der Waals surface area contributed by atoms with Gasteiger partial charge in [0, 0.05) is 83.2 Å². The number of nitrogens with one attached hydrogen (secondary N) is 6. The predicted octanol–water partition coefficient (Wildman–Crippen LogP) is 9.44. The van der Waals surface area contributed by atoms with E-state index >= 15 is 0 Å². The van der Waals surface area contributed by atoms with Gasteiger partial charge < -0.3 is 34.4 Å². The molecule has 2 amide bonds. The summed E-state index contributed by atoms with van der Waals surface area (Å²) in [6.45, 7) is 2.14. The number of aromatic amines is 2. The lowest BCUT2D eigenvalue weighted by atomic mass is 10.1. The molecule has 6 aromatic carbocycles. The number of para-hydroxylation sites is 1. The molecule has 438 valence electrons. The van der Waals surface area contributed by atoms with Gasteiger partial charge in [-0.05, 0) is 121 Å². The third kappa shape index (κ3) is 13.7. The highest BCUT2D eigenvalue weighted by Gasteiger charge is 2.23. The number of aliphatic hydroxyl groups is 1. The molecule has 25 heteroatoms. The number of pyridine rings is 2. The van der Waals surface area contributed by atoms with Crippen molar-refractivity contribution in [2.45, 2.75) is 47.9 Å². The minimum absolute atomic E-state index is 0.0460. The molecule has 11 rings (SSSR count). The molecule has 0 aliphatic carbocycles. The lowest BCUT2D eigenvalue weighted by Crippen LogP contribution is -2.30. The van der Waals surface area contributed by atoms with Crippen LogP contribution in [0.2, 0.25) is 0 Å². The minimum atomic E-state index is -4.17. The summed E-state index contributed by atoms with van der Waals surface area (Å²) in [4.78, 5) is 54.2. The Bertz CT molecular complexity index is 4650. The number of H-pyrrole nitrogens is 2. The number of nitrogens with zero attached hydrogens (tertiary/aromatic N) is 3. The highest BCUT2D eigenvalue weighted by Crippen LogP contribution is 2.28. The summed E-state index contributed by atoms with van der Waals surface area (Å²) in [5, 5.41) is 14.4. The number of hydrogen-bond acceptors (Lipinski definition) is 14. The van der Waals surface area contributed by atoms with E-state index in [2.05, 4.69) is 39.4 Å². The quantitative estimate of drug-likeness (QED) is 0.0374. The Labute approximate surface area is 491 Å². The molecular weight excluding hydrogens is 1170 g/mol. The fraction of sp³-hybridized carbons (Fsp3) is 0.0984. The van der Waals surface area contributed by atoms with E-state index in [0.29, 0.717) is 45.6 Å². The monoisotopic (exact) mass is 1220 g/mol. The number of rotatable bonds is 20. The highest BCUT2D eigenvalue weighted by molar-refractivity contribution is 7.93. The molecule has 86 heavy (non-hydrogen) atoms. The van der Waals surface area contributed by atoms with Crippen LogP contribution in [0.25, 0.3) is 32.6 Å². The van der Waals surface area contributed by atoms with Gasteiger partial charge in [0.1, 0.15) is 17.1 Å². The van der Waals surface area contributed by atoms with Crippen molar-refractivity contribution < 1.29 is 53.5 Å². The van der Waals surface area contributed by atoms with Crippen molar-refractivity contribution >= 4 is 91.5 Å². The molecular formula is C61H52FN9O12S3. The zero-order valence-corrected chi connectivity index (χ0v) is 47.8. The molecule has 0 aliphatic rings. The molecule has 0 aliphatic heterocycles. The van der Waals surface area contributed by atoms with Crippen molar-refractivity contribution in [2.24, 2.45) is 0 Å². The summed E-state index contributed by atoms with van der Waals surface area (Å²) in [7, 11) is -12.1. The number of anilines is 3. The van der Waals surface area contributed by atoms with Gasteiger partial charge in [-0.25, -0.2) is 34.4 Å². The molecule has 0 atom stereocenters. The van der Waals surface area contributed by atoms with Crippen LogP contribution in [0.15, 0.2) is 219 Å². The lowest BCUT2D eigenvalue weighted by Gasteiger charge is -2.23. The van der Waals surface area contributed by atoms with E-state index in [9.17, 15) is 49.1 Å². The van der Waals surface area contributed by atoms with E-state index in [1.165, 1.54) is 77.9 Å². The van der Waals surface area contributed by atoms with Crippen molar-refractivity contribution in [3.63, 3.8) is 0 Å². The highest BCUT2D eigenvalue weighted by atomic mass is 32.2. The van der Waals surface area contributed by atoms with Crippen LogP contribution in [0.4, 0.5) is 21.5 Å². The van der Waals surface area contributed by atoms with Gasteiger partial charge in [0.2, 0.25) is 0 Å². The maximum atomic E-state index is 14.6. The van der Waals surface area contributed by atoms with Gasteiger partial charge >= 0.3 is 5.63 Å². The van der Waals surface area contributed by atoms with Crippen LogP contribution in [0, 0.1) is 5.82 Å². The lowest BCUT2D eigenvalue weighted by molar-refractivity contribution is 0.0724. The van der Waals surface area contributed by atoms with Gasteiger partial charge in [0.25, 0.3) is 41.9 Å². The third-order valence-electron chi connectivity index (χ3n) is 13.4. The van der Waals surface area contributed by atoms with Crippen molar-refractivity contribution in [3.8, 4) is 5.75 Å². The summed E-state index contributed by atoms with van der Waals surface area (Å²) in [5.74, 6) is -1.17. The zero-order valence-electron chi connectivity index (χ0n) is 45.4. The van der Waals surface area contributed by atoms with Gasteiger partial charge in [-0.2, -0.15) is 0 Å². The Balaban J connectivity index is 0.000000223. The average molecular weight is 1220 g/mol. The van der Waals surface area contributed by atoms with Gasteiger partial charge in [-0.1, -0.05) is 60.7 Å². The van der Waals surface area contributed by atoms with Gasteiger partial charge in [0.05, 0.1) is 56.6 Å². The van der Waals surface area contributed by atoms with E-state index in [1.54, 1.807) is 123 Å². The first-order valence-electron chi connectivity index (χ1n) is 26.3. The molecule has 7 N–H and O–H groups in total. The van der Waals surface area contributed by atoms with E-state index in [1.807, 2.05) is 0 Å². The van der Waals surface area contributed by atoms with Crippen LogP contribution in [0.5, 0.6) is 5.75 Å². The Morgan fingerprint density at radius 2 is 1.14 bits per heavy atom. The van der Waals surface area contributed by atoms with E-state index < -0.39 is 41.5 Å². The van der Waals surface area contributed by atoms with Gasteiger partial charge in [-0.3, -0.25) is 33.7 Å². The third-order valence-corrected chi connectivity index (χ3v) is 17.6. The molecule has 0 fully saturated rings. The number of hydrogen-bond donors (Lipinski definition) is 7. The fourth-order valence-corrected chi connectivity index (χ4v) is 12.3. The van der Waals surface area contributed by atoms with Crippen molar-refractivity contribution in [1.82, 2.24) is 30.2 Å². The normalized spacial score (nSPS) is 11.6. The Morgan fingerprint density at radius 3 is 1.71 bits per heavy atom. The van der Waals surface area contributed by atoms with Crippen LogP contribution in [-0.4, -0.2) is 73.6 Å². The topological polar surface area (TPSA) is 305 Å². The standard InChI is InChI=1S/C39H32FN5O8S2.C22H20N4O4S/c1-2-52-28-10-15-36(33(40)21-28)44-55(50,51)30-13-8-26(9-14-30)24-45(38(46)37-20-27-22-41-18-16-34(27)42-37)23-25-6-11-29(12-7-25)54(48,49)43-35-5-3-4-32-31(35)17-19-53-39(32)47;27-14-16-3-1-2-4-20(16)26-31(29,30)18-7-5-15(6-8-18)12-24-22(28)21-11-17-13-23-10-9-19(17)25-21/h3-22,42-44H,2,23-24H2,1H3;1-11,13,25-27H,12,14H2,(H,24,28). The molecule has 0 saturated heterocycles. The maximum Gasteiger partial charge on any atom is 0.343 e. The molecule has 0 bridgehead atoms. The first-order valence-corrected chi connectivity index (χ1v) is 30.7. The van der Waals surface area contributed by atoms with Crippen LogP contribution in [0.1, 0.15) is 50.2 Å². The second-order valence-electron chi connectivity index (χ2n) is 19.2. The van der Waals surface area contributed by atoms with E-state index in [4.69, 9.17) is 9.15 Å². The number of benzene rings is 6. The molecule has 0 radical (unpaired) electrons. The summed E-state index contributed by atoms with van der Waals surface area (Å²) in [6.07, 6.45) is 7.74. The Hall–Kier alpha value is -10.2. The Morgan fingerprint density at radius 1 is 0.605 bits per heavy atom.